The van der Waals surface area contributed by atoms with Crippen LogP contribution in [-0.4, -0.2) is 22.1 Å². The fourth-order valence-electron chi connectivity index (χ4n) is 1.26. The van der Waals surface area contributed by atoms with Crippen molar-refractivity contribution in [1.82, 2.24) is 10.2 Å². The van der Waals surface area contributed by atoms with Crippen molar-refractivity contribution in [3.63, 3.8) is 0 Å². The molecule has 0 bridgehead atoms. The third-order valence-corrected chi connectivity index (χ3v) is 3.02. The molecular weight excluding hydrogens is 290 g/mol. The van der Waals surface area contributed by atoms with Gasteiger partial charge >= 0.3 is 6.03 Å². The van der Waals surface area contributed by atoms with Crippen LogP contribution < -0.4 is 16.4 Å². The van der Waals surface area contributed by atoms with Gasteiger partial charge < -0.3 is 16.4 Å². The van der Waals surface area contributed by atoms with Crippen molar-refractivity contribution in [2.24, 2.45) is 5.73 Å². The Morgan fingerprint density at radius 2 is 1.68 bits per heavy atom. The van der Waals surface area contributed by atoms with Crippen molar-refractivity contribution < 1.29 is 9.59 Å². The first-order valence-electron chi connectivity index (χ1n) is 5.01. The standard InChI is InChI=1S/C10H8ClN5O2S/c11-9-16-15-8(19-9)7(17)13-5-1-3-6(4-2-5)14-10(12)18/h1-4H,(H,13,17)(H3,12,14,18). The Bertz CT molecular complexity index is 613. The molecule has 3 amide bonds. The van der Waals surface area contributed by atoms with Gasteiger partial charge in [0.15, 0.2) is 0 Å². The van der Waals surface area contributed by atoms with Crippen LogP contribution in [0.15, 0.2) is 24.3 Å². The third kappa shape index (κ3) is 3.63. The topological polar surface area (TPSA) is 110 Å². The first-order valence-corrected chi connectivity index (χ1v) is 6.21. The van der Waals surface area contributed by atoms with E-state index in [4.69, 9.17) is 17.3 Å². The number of anilines is 2. The molecule has 0 atom stereocenters. The minimum Gasteiger partial charge on any atom is -0.351 e. The Morgan fingerprint density at radius 1 is 1.11 bits per heavy atom. The Hall–Kier alpha value is -2.19. The summed E-state index contributed by atoms with van der Waals surface area (Å²) in [7, 11) is 0. The van der Waals surface area contributed by atoms with Gasteiger partial charge in [0, 0.05) is 11.4 Å². The maximum absolute atomic E-state index is 11.7. The van der Waals surface area contributed by atoms with Gasteiger partial charge in [-0.05, 0) is 35.9 Å². The van der Waals surface area contributed by atoms with E-state index in [9.17, 15) is 9.59 Å². The lowest BCUT2D eigenvalue weighted by Gasteiger charge is -2.05. The number of nitrogens with two attached hydrogens (primary N) is 1. The van der Waals surface area contributed by atoms with E-state index in [0.29, 0.717) is 11.4 Å². The van der Waals surface area contributed by atoms with Crippen LogP contribution in [0.3, 0.4) is 0 Å². The monoisotopic (exact) mass is 297 g/mol. The van der Waals surface area contributed by atoms with E-state index >= 15 is 0 Å². The second-order valence-electron chi connectivity index (χ2n) is 3.38. The lowest BCUT2D eigenvalue weighted by Crippen LogP contribution is -2.19. The number of carbonyl (C=O) groups excluding carboxylic acids is 2. The van der Waals surface area contributed by atoms with Crippen LogP contribution in [0, 0.1) is 0 Å². The molecule has 0 spiro atoms. The number of primary amides is 1. The predicted octanol–water partition coefficient (Wildman–Crippen LogP) is 1.93. The number of nitrogens with zero attached hydrogens (tertiary/aromatic N) is 2. The average molecular weight is 298 g/mol. The lowest BCUT2D eigenvalue weighted by molar-refractivity contribution is 0.102. The summed E-state index contributed by atoms with van der Waals surface area (Å²) in [6.45, 7) is 0. The summed E-state index contributed by atoms with van der Waals surface area (Å²) < 4.78 is 0.200. The first kappa shape index (κ1) is 13.2. The van der Waals surface area contributed by atoms with E-state index in [-0.39, 0.29) is 9.47 Å². The number of carbonyl (C=O) groups is 2. The van der Waals surface area contributed by atoms with E-state index in [0.717, 1.165) is 11.3 Å². The zero-order valence-electron chi connectivity index (χ0n) is 9.38. The van der Waals surface area contributed by atoms with Crippen LogP contribution >= 0.6 is 22.9 Å². The molecule has 9 heteroatoms. The van der Waals surface area contributed by atoms with Crippen molar-refractivity contribution in [1.29, 1.82) is 0 Å². The molecule has 1 heterocycles. The van der Waals surface area contributed by atoms with Crippen LogP contribution in [0.25, 0.3) is 0 Å². The number of amides is 3. The van der Waals surface area contributed by atoms with Gasteiger partial charge in [0.05, 0.1) is 0 Å². The Morgan fingerprint density at radius 3 is 2.16 bits per heavy atom. The van der Waals surface area contributed by atoms with Crippen molar-refractivity contribution in [2.45, 2.75) is 0 Å². The number of nitrogens with one attached hydrogen (secondary N) is 2. The van der Waals surface area contributed by atoms with Crippen LogP contribution in [0.5, 0.6) is 0 Å². The molecule has 19 heavy (non-hydrogen) atoms. The van der Waals surface area contributed by atoms with Crippen molar-refractivity contribution in [3.8, 4) is 0 Å². The van der Waals surface area contributed by atoms with Crippen molar-refractivity contribution >= 4 is 46.3 Å². The molecule has 1 aromatic heterocycles. The summed E-state index contributed by atoms with van der Waals surface area (Å²) in [6, 6.07) is 5.79. The minimum atomic E-state index is -0.653. The Labute approximate surface area is 116 Å². The molecule has 2 rings (SSSR count). The zero-order valence-corrected chi connectivity index (χ0v) is 11.0. The lowest BCUT2D eigenvalue weighted by atomic mass is 10.3. The highest BCUT2D eigenvalue weighted by molar-refractivity contribution is 7.17. The van der Waals surface area contributed by atoms with E-state index in [1.807, 2.05) is 0 Å². The highest BCUT2D eigenvalue weighted by Crippen LogP contribution is 2.18. The number of rotatable bonds is 3. The molecule has 4 N–H and O–H groups in total. The van der Waals surface area contributed by atoms with Crippen LogP contribution in [0.2, 0.25) is 4.47 Å². The van der Waals surface area contributed by atoms with E-state index in [1.165, 1.54) is 0 Å². The molecule has 0 fully saturated rings. The zero-order chi connectivity index (χ0) is 13.8. The maximum atomic E-state index is 11.7. The molecule has 0 saturated heterocycles. The van der Waals surface area contributed by atoms with Gasteiger partial charge in [-0.2, -0.15) is 0 Å². The molecule has 0 aliphatic carbocycles. The molecule has 0 aliphatic rings. The first-order chi connectivity index (χ1) is 9.04. The molecule has 7 nitrogen and oxygen atoms in total. The summed E-state index contributed by atoms with van der Waals surface area (Å²) in [6.07, 6.45) is 0. The minimum absolute atomic E-state index is 0.171. The SMILES string of the molecule is NC(=O)Nc1ccc(NC(=O)c2nnc(Cl)s2)cc1. The summed E-state index contributed by atoms with van der Waals surface area (Å²) in [5.74, 6) is -0.403. The highest BCUT2D eigenvalue weighted by atomic mass is 35.5. The summed E-state index contributed by atoms with van der Waals surface area (Å²) in [4.78, 5) is 22.4. The molecule has 0 saturated carbocycles. The van der Waals surface area contributed by atoms with Gasteiger partial charge in [-0.15, -0.1) is 10.2 Å². The predicted molar refractivity (Wildman–Crippen MR) is 72.5 cm³/mol. The number of hydrogen-bond acceptors (Lipinski definition) is 5. The number of urea groups is 1. The van der Waals surface area contributed by atoms with E-state index < -0.39 is 11.9 Å². The molecule has 0 radical (unpaired) electrons. The molecule has 0 aliphatic heterocycles. The summed E-state index contributed by atoms with van der Waals surface area (Å²) in [5, 5.41) is 12.4. The quantitative estimate of drug-likeness (QED) is 0.804. The second-order valence-corrected chi connectivity index (χ2v) is 4.94. The number of hydrogen-bond donors (Lipinski definition) is 3. The summed E-state index contributed by atoms with van der Waals surface area (Å²) >= 11 is 6.57. The van der Waals surface area contributed by atoms with Gasteiger partial charge in [0.2, 0.25) is 9.47 Å². The maximum Gasteiger partial charge on any atom is 0.316 e. The van der Waals surface area contributed by atoms with Crippen LogP contribution in [-0.2, 0) is 0 Å². The largest absolute Gasteiger partial charge is 0.351 e. The normalized spacial score (nSPS) is 9.95. The molecule has 1 aromatic carbocycles. The van der Waals surface area contributed by atoms with Crippen LogP contribution in [0.4, 0.5) is 16.2 Å². The van der Waals surface area contributed by atoms with Gasteiger partial charge in [-0.3, -0.25) is 4.79 Å². The van der Waals surface area contributed by atoms with E-state index in [1.54, 1.807) is 24.3 Å². The fourth-order valence-corrected chi connectivity index (χ4v) is 1.98. The van der Waals surface area contributed by atoms with Gasteiger partial charge in [-0.1, -0.05) is 11.3 Å². The fraction of sp³-hybridized carbons (Fsp3) is 0. The number of halogens is 1. The van der Waals surface area contributed by atoms with Gasteiger partial charge in [0.25, 0.3) is 5.91 Å². The summed E-state index contributed by atoms with van der Waals surface area (Å²) in [5.41, 5.74) is 6.05. The average Bonchev–Trinajstić information content (AvgIpc) is 2.78. The number of aromatic nitrogens is 2. The molecular formula is C10H8ClN5O2S. The van der Waals surface area contributed by atoms with Crippen molar-refractivity contribution in [3.05, 3.63) is 33.7 Å². The van der Waals surface area contributed by atoms with Gasteiger partial charge in [-0.25, -0.2) is 4.79 Å². The second kappa shape index (κ2) is 5.63. The van der Waals surface area contributed by atoms with E-state index in [2.05, 4.69) is 20.8 Å². The molecule has 98 valence electrons. The van der Waals surface area contributed by atoms with Gasteiger partial charge in [0.1, 0.15) is 0 Å². The Balaban J connectivity index is 2.03. The number of benzene rings is 1. The van der Waals surface area contributed by atoms with Crippen molar-refractivity contribution in [2.75, 3.05) is 10.6 Å². The Kier molecular flexibility index (Phi) is 3.93. The highest BCUT2D eigenvalue weighted by Gasteiger charge is 2.12. The van der Waals surface area contributed by atoms with Crippen LogP contribution in [0.1, 0.15) is 9.80 Å². The smallest absolute Gasteiger partial charge is 0.316 e. The molecule has 2 aromatic rings. The molecule has 0 unspecified atom stereocenters. The third-order valence-electron chi connectivity index (χ3n) is 2.00.